The molecule has 0 radical (unpaired) electrons. The molecule has 5 nitrogen and oxygen atoms in total. The summed E-state index contributed by atoms with van der Waals surface area (Å²) in [5, 5.41) is 7.93. The van der Waals surface area contributed by atoms with Gasteiger partial charge in [-0.05, 0) is 38.0 Å². The van der Waals surface area contributed by atoms with Gasteiger partial charge in [-0.25, -0.2) is 9.37 Å². The van der Waals surface area contributed by atoms with E-state index in [4.69, 9.17) is 0 Å². The highest BCUT2D eigenvalue weighted by atomic mass is 19.1. The van der Waals surface area contributed by atoms with Gasteiger partial charge < -0.3 is 5.32 Å². The van der Waals surface area contributed by atoms with Crippen LogP contribution in [-0.4, -0.2) is 20.7 Å². The maximum absolute atomic E-state index is 13.8. The fourth-order valence-electron chi connectivity index (χ4n) is 2.85. The fourth-order valence-corrected chi connectivity index (χ4v) is 2.85. The van der Waals surface area contributed by atoms with Crippen molar-refractivity contribution in [2.24, 2.45) is 7.05 Å². The molecule has 1 aromatic carbocycles. The first-order valence-electron chi connectivity index (χ1n) is 7.94. The molecule has 0 saturated heterocycles. The summed E-state index contributed by atoms with van der Waals surface area (Å²) in [6, 6.07) is 8.37. The van der Waals surface area contributed by atoms with Gasteiger partial charge in [-0.3, -0.25) is 9.48 Å². The molecule has 0 spiro atoms. The highest BCUT2D eigenvalue weighted by molar-refractivity contribution is 6.04. The zero-order valence-corrected chi connectivity index (χ0v) is 13.5. The number of para-hydroxylation sites is 1. The lowest BCUT2D eigenvalue weighted by molar-refractivity contribution is 0.101. The van der Waals surface area contributed by atoms with Crippen LogP contribution < -0.4 is 5.32 Å². The molecule has 6 heteroatoms. The van der Waals surface area contributed by atoms with E-state index < -0.39 is 0 Å². The van der Waals surface area contributed by atoms with Gasteiger partial charge in [-0.2, -0.15) is 5.10 Å². The number of anilines is 1. The summed E-state index contributed by atoms with van der Waals surface area (Å²) < 4.78 is 15.4. The van der Waals surface area contributed by atoms with Crippen LogP contribution in [0.3, 0.4) is 0 Å². The standard InChI is InChI=1S/C18H17FN4O/c1-10-14(8-12-4-3-5-13(19)17(12)20-10)21-18(24)16-9-15(11-6-7-11)22-23(16)2/h3-5,8-9,11H,6-7H2,1-2H3,(H,21,24). The second-order valence-electron chi connectivity index (χ2n) is 6.24. The Bertz CT molecular complexity index is 959. The third-order valence-electron chi connectivity index (χ3n) is 4.36. The second-order valence-corrected chi connectivity index (χ2v) is 6.24. The minimum absolute atomic E-state index is 0.238. The molecule has 0 atom stereocenters. The van der Waals surface area contributed by atoms with Crippen LogP contribution >= 0.6 is 0 Å². The Morgan fingerprint density at radius 2 is 2.12 bits per heavy atom. The first-order valence-corrected chi connectivity index (χ1v) is 7.94. The third-order valence-corrected chi connectivity index (χ3v) is 4.36. The molecule has 2 heterocycles. The smallest absolute Gasteiger partial charge is 0.273 e. The van der Waals surface area contributed by atoms with E-state index >= 15 is 0 Å². The van der Waals surface area contributed by atoms with Gasteiger partial charge in [0.1, 0.15) is 17.0 Å². The largest absolute Gasteiger partial charge is 0.319 e. The molecule has 1 fully saturated rings. The average molecular weight is 324 g/mol. The van der Waals surface area contributed by atoms with Crippen LogP contribution in [0.15, 0.2) is 30.3 Å². The molecule has 1 saturated carbocycles. The first-order chi connectivity index (χ1) is 11.5. The summed E-state index contributed by atoms with van der Waals surface area (Å²) in [6.07, 6.45) is 2.27. The normalized spacial score (nSPS) is 14.1. The number of aromatic nitrogens is 3. The van der Waals surface area contributed by atoms with Gasteiger partial charge in [-0.1, -0.05) is 12.1 Å². The quantitative estimate of drug-likeness (QED) is 0.801. The van der Waals surface area contributed by atoms with Gasteiger partial charge in [-0.15, -0.1) is 0 Å². The molecule has 0 unspecified atom stereocenters. The van der Waals surface area contributed by atoms with E-state index in [0.29, 0.717) is 33.9 Å². The van der Waals surface area contributed by atoms with Crippen LogP contribution in [0.2, 0.25) is 0 Å². The number of rotatable bonds is 3. The minimum atomic E-state index is -0.366. The Hall–Kier alpha value is -2.76. The lowest BCUT2D eigenvalue weighted by Crippen LogP contribution is -2.17. The lowest BCUT2D eigenvalue weighted by Gasteiger charge is -2.10. The van der Waals surface area contributed by atoms with Crippen LogP contribution in [0, 0.1) is 12.7 Å². The van der Waals surface area contributed by atoms with E-state index in [-0.39, 0.29) is 11.7 Å². The molecule has 24 heavy (non-hydrogen) atoms. The van der Waals surface area contributed by atoms with E-state index in [0.717, 1.165) is 18.5 Å². The van der Waals surface area contributed by atoms with Gasteiger partial charge in [0.25, 0.3) is 5.91 Å². The summed E-state index contributed by atoms with van der Waals surface area (Å²) in [5.41, 5.74) is 2.94. The number of pyridine rings is 1. The molecular weight excluding hydrogens is 307 g/mol. The number of hydrogen-bond donors (Lipinski definition) is 1. The van der Waals surface area contributed by atoms with E-state index in [1.165, 1.54) is 6.07 Å². The average Bonchev–Trinajstić information content (AvgIpc) is 3.32. The number of halogens is 1. The van der Waals surface area contributed by atoms with E-state index in [9.17, 15) is 9.18 Å². The number of benzene rings is 1. The number of amides is 1. The molecule has 1 aliphatic rings. The molecular formula is C18H17FN4O. The number of hydrogen-bond acceptors (Lipinski definition) is 3. The maximum Gasteiger partial charge on any atom is 0.273 e. The minimum Gasteiger partial charge on any atom is -0.319 e. The summed E-state index contributed by atoms with van der Waals surface area (Å²) in [6.45, 7) is 1.75. The van der Waals surface area contributed by atoms with Gasteiger partial charge in [0.15, 0.2) is 0 Å². The van der Waals surface area contributed by atoms with Crippen molar-refractivity contribution in [1.29, 1.82) is 0 Å². The van der Waals surface area contributed by atoms with E-state index in [1.807, 2.05) is 6.07 Å². The number of carbonyl (C=O) groups excluding carboxylic acids is 1. The Morgan fingerprint density at radius 1 is 1.33 bits per heavy atom. The molecule has 1 N–H and O–H groups in total. The van der Waals surface area contributed by atoms with Crippen LogP contribution in [0.4, 0.5) is 10.1 Å². The zero-order valence-electron chi connectivity index (χ0n) is 13.5. The Balaban J connectivity index is 1.66. The van der Waals surface area contributed by atoms with Crippen molar-refractivity contribution in [3.05, 3.63) is 53.2 Å². The highest BCUT2D eigenvalue weighted by Gasteiger charge is 2.28. The maximum atomic E-state index is 13.8. The number of nitrogens with zero attached hydrogens (tertiary/aromatic N) is 3. The Labute approximate surface area is 138 Å². The number of aryl methyl sites for hydroxylation is 2. The summed E-state index contributed by atoms with van der Waals surface area (Å²) in [4.78, 5) is 16.8. The van der Waals surface area contributed by atoms with Crippen LogP contribution in [0.1, 0.15) is 40.6 Å². The molecule has 3 aromatic rings. The molecule has 1 amide bonds. The van der Waals surface area contributed by atoms with Crippen molar-refractivity contribution in [3.8, 4) is 0 Å². The molecule has 2 aromatic heterocycles. The van der Waals surface area contributed by atoms with Crippen molar-refractivity contribution in [2.75, 3.05) is 5.32 Å². The topological polar surface area (TPSA) is 59.8 Å². The molecule has 0 aliphatic heterocycles. The molecule has 122 valence electrons. The van der Waals surface area contributed by atoms with Crippen molar-refractivity contribution >= 4 is 22.5 Å². The predicted octanol–water partition coefficient (Wildman–Crippen LogP) is 3.55. The third kappa shape index (κ3) is 2.54. The second kappa shape index (κ2) is 5.40. The van der Waals surface area contributed by atoms with Crippen LogP contribution in [0.25, 0.3) is 10.9 Å². The van der Waals surface area contributed by atoms with Crippen molar-refractivity contribution < 1.29 is 9.18 Å². The van der Waals surface area contributed by atoms with E-state index in [2.05, 4.69) is 15.4 Å². The van der Waals surface area contributed by atoms with Gasteiger partial charge in [0.2, 0.25) is 0 Å². The van der Waals surface area contributed by atoms with E-state index in [1.54, 1.807) is 36.9 Å². The SMILES string of the molecule is Cc1nc2c(F)cccc2cc1NC(=O)c1cc(C2CC2)nn1C. The van der Waals surface area contributed by atoms with Crippen LogP contribution in [0.5, 0.6) is 0 Å². The van der Waals surface area contributed by atoms with Crippen LogP contribution in [-0.2, 0) is 7.05 Å². The summed E-state index contributed by atoms with van der Waals surface area (Å²) in [5.74, 6) is -0.114. The number of nitrogens with one attached hydrogen (secondary N) is 1. The van der Waals surface area contributed by atoms with Gasteiger partial charge >= 0.3 is 0 Å². The molecule has 0 bridgehead atoms. The number of carbonyl (C=O) groups is 1. The lowest BCUT2D eigenvalue weighted by atomic mass is 10.1. The fraction of sp³-hybridized carbons (Fsp3) is 0.278. The Morgan fingerprint density at radius 3 is 2.88 bits per heavy atom. The van der Waals surface area contributed by atoms with Crippen molar-refractivity contribution in [2.45, 2.75) is 25.7 Å². The molecule has 4 rings (SSSR count). The van der Waals surface area contributed by atoms with Gasteiger partial charge in [0.05, 0.1) is 17.1 Å². The monoisotopic (exact) mass is 324 g/mol. The number of fused-ring (bicyclic) bond motifs is 1. The first kappa shape index (κ1) is 14.8. The van der Waals surface area contributed by atoms with Crippen molar-refractivity contribution in [1.82, 2.24) is 14.8 Å². The van der Waals surface area contributed by atoms with Gasteiger partial charge in [0, 0.05) is 18.4 Å². The summed E-state index contributed by atoms with van der Waals surface area (Å²) >= 11 is 0. The Kier molecular flexibility index (Phi) is 3.33. The predicted molar refractivity (Wildman–Crippen MR) is 89.6 cm³/mol. The summed E-state index contributed by atoms with van der Waals surface area (Å²) in [7, 11) is 1.77. The zero-order chi connectivity index (χ0) is 16.8. The highest BCUT2D eigenvalue weighted by Crippen LogP contribution is 2.39. The van der Waals surface area contributed by atoms with Crippen molar-refractivity contribution in [3.63, 3.8) is 0 Å². The molecule has 1 aliphatic carbocycles.